The Bertz CT molecular complexity index is 534. The maximum Gasteiger partial charge on any atom is 0.338 e. The number of esters is 2. The van der Waals surface area contributed by atoms with Gasteiger partial charge in [-0.3, -0.25) is 4.79 Å². The minimum Gasteiger partial charge on any atom is -0.458 e. The second kappa shape index (κ2) is 7.21. The van der Waals surface area contributed by atoms with Gasteiger partial charge in [0.25, 0.3) is 0 Å². The Morgan fingerprint density at radius 2 is 1.82 bits per heavy atom. The molecule has 0 aliphatic carbocycles. The Labute approximate surface area is 136 Å². The largest absolute Gasteiger partial charge is 0.458 e. The van der Waals surface area contributed by atoms with Gasteiger partial charge in [0, 0.05) is 6.92 Å². The van der Waals surface area contributed by atoms with Gasteiger partial charge in [-0.15, -0.1) is 0 Å². The summed E-state index contributed by atoms with van der Waals surface area (Å²) in [5, 5.41) is 9.99. The predicted molar refractivity (Wildman–Crippen MR) is 80.5 cm³/mol. The van der Waals surface area contributed by atoms with Gasteiger partial charge in [0.2, 0.25) is 0 Å². The quantitative estimate of drug-likeness (QED) is 0.641. The lowest BCUT2D eigenvalue weighted by Crippen LogP contribution is -2.56. The highest BCUT2D eigenvalue weighted by molar-refractivity contribution is 9.09. The van der Waals surface area contributed by atoms with Crippen molar-refractivity contribution in [2.24, 2.45) is 0 Å². The Kier molecular flexibility index (Phi) is 5.55. The lowest BCUT2D eigenvalue weighted by Gasteiger charge is -2.40. The summed E-state index contributed by atoms with van der Waals surface area (Å²) in [5.74, 6) is -1.07. The van der Waals surface area contributed by atoms with E-state index in [2.05, 4.69) is 15.9 Å². The van der Waals surface area contributed by atoms with Gasteiger partial charge >= 0.3 is 11.9 Å². The molecule has 1 aliphatic heterocycles. The molecule has 0 aromatic heterocycles. The molecule has 5 atom stereocenters. The van der Waals surface area contributed by atoms with E-state index in [0.29, 0.717) is 5.56 Å². The Morgan fingerprint density at radius 1 is 1.18 bits per heavy atom. The van der Waals surface area contributed by atoms with Crippen molar-refractivity contribution in [3.8, 4) is 0 Å². The number of carbonyl (C=O) groups excluding carboxylic acids is 2. The van der Waals surface area contributed by atoms with E-state index >= 15 is 0 Å². The van der Waals surface area contributed by atoms with E-state index < -0.39 is 41.4 Å². The molecule has 0 saturated carbocycles. The molecule has 7 heteroatoms. The van der Waals surface area contributed by atoms with Crippen molar-refractivity contribution in [2.45, 2.75) is 43.3 Å². The molecule has 6 nitrogen and oxygen atoms in total. The topological polar surface area (TPSA) is 82.1 Å². The van der Waals surface area contributed by atoms with Crippen molar-refractivity contribution in [3.05, 3.63) is 35.9 Å². The average molecular weight is 373 g/mol. The number of alkyl halides is 1. The van der Waals surface area contributed by atoms with Gasteiger partial charge in [-0.1, -0.05) is 34.1 Å². The first kappa shape index (κ1) is 16.9. The van der Waals surface area contributed by atoms with Crippen LogP contribution in [0.1, 0.15) is 24.2 Å². The van der Waals surface area contributed by atoms with Crippen LogP contribution in [0.3, 0.4) is 0 Å². The van der Waals surface area contributed by atoms with Gasteiger partial charge in [0.05, 0.1) is 16.5 Å². The minimum absolute atomic E-state index is 0.358. The lowest BCUT2D eigenvalue weighted by molar-refractivity contribution is -0.241. The highest BCUT2D eigenvalue weighted by atomic mass is 79.9. The van der Waals surface area contributed by atoms with Gasteiger partial charge in [0.1, 0.15) is 6.10 Å². The number of hydrogen-bond donors (Lipinski definition) is 1. The molecule has 22 heavy (non-hydrogen) atoms. The van der Waals surface area contributed by atoms with Crippen molar-refractivity contribution >= 4 is 27.9 Å². The maximum atomic E-state index is 12.1. The van der Waals surface area contributed by atoms with Crippen LogP contribution >= 0.6 is 15.9 Å². The number of aliphatic hydroxyl groups is 1. The van der Waals surface area contributed by atoms with Gasteiger partial charge < -0.3 is 19.3 Å². The molecule has 1 aromatic rings. The normalized spacial score (nSPS) is 31.4. The highest BCUT2D eigenvalue weighted by Gasteiger charge is 2.46. The zero-order valence-corrected chi connectivity index (χ0v) is 13.7. The Hall–Kier alpha value is -1.44. The van der Waals surface area contributed by atoms with Crippen LogP contribution in [0.15, 0.2) is 30.3 Å². The molecule has 0 spiro atoms. The monoisotopic (exact) mass is 372 g/mol. The molecule has 2 rings (SSSR count). The summed E-state index contributed by atoms with van der Waals surface area (Å²) in [5.41, 5.74) is 0.358. The maximum absolute atomic E-state index is 12.1. The van der Waals surface area contributed by atoms with Crippen LogP contribution in [-0.2, 0) is 19.0 Å². The zero-order chi connectivity index (χ0) is 16.3. The number of rotatable bonds is 3. The van der Waals surface area contributed by atoms with E-state index in [9.17, 15) is 14.7 Å². The summed E-state index contributed by atoms with van der Waals surface area (Å²) in [6, 6.07) is 8.40. The first-order chi connectivity index (χ1) is 10.4. The van der Waals surface area contributed by atoms with E-state index in [-0.39, 0.29) is 0 Å². The fourth-order valence-corrected chi connectivity index (χ4v) is 3.13. The standard InChI is InChI=1S/C15H17BrO6/c1-8-12(21-9(2)17)11(16)13(15(19)20-8)22-14(18)10-6-4-3-5-7-10/h3-8,11-13,15,19H,1-2H3/t8-,11-,12-,13+,15?/m1/s1. The van der Waals surface area contributed by atoms with Gasteiger partial charge in [0.15, 0.2) is 12.4 Å². The van der Waals surface area contributed by atoms with Crippen molar-refractivity contribution in [1.29, 1.82) is 0 Å². The van der Waals surface area contributed by atoms with Crippen molar-refractivity contribution in [3.63, 3.8) is 0 Å². The molecule has 0 radical (unpaired) electrons. The average Bonchev–Trinajstić information content (AvgIpc) is 2.48. The van der Waals surface area contributed by atoms with E-state index in [1.807, 2.05) is 0 Å². The SMILES string of the molecule is CC(=O)O[C@H]1[C@@H](Br)[C@H](OC(=O)c2ccccc2)C(O)O[C@@H]1C. The summed E-state index contributed by atoms with van der Waals surface area (Å²) in [6.07, 6.45) is -3.50. The molecule has 1 saturated heterocycles. The predicted octanol–water partition coefficient (Wildman–Crippen LogP) is 1.64. The lowest BCUT2D eigenvalue weighted by atomic mass is 10.0. The fraction of sp³-hybridized carbons (Fsp3) is 0.467. The van der Waals surface area contributed by atoms with Gasteiger partial charge in [-0.2, -0.15) is 0 Å². The first-order valence-corrected chi connectivity index (χ1v) is 7.72. The molecule has 1 heterocycles. The summed E-state index contributed by atoms with van der Waals surface area (Å²) >= 11 is 3.34. The van der Waals surface area contributed by atoms with E-state index in [1.165, 1.54) is 6.92 Å². The van der Waals surface area contributed by atoms with Crippen molar-refractivity contribution < 1.29 is 28.9 Å². The highest BCUT2D eigenvalue weighted by Crippen LogP contribution is 2.30. The molecule has 1 fully saturated rings. The van der Waals surface area contributed by atoms with E-state index in [1.54, 1.807) is 37.3 Å². The molecular weight excluding hydrogens is 356 g/mol. The molecule has 0 amide bonds. The van der Waals surface area contributed by atoms with E-state index in [4.69, 9.17) is 14.2 Å². The fourth-order valence-electron chi connectivity index (χ4n) is 2.22. The number of hydrogen-bond acceptors (Lipinski definition) is 6. The Balaban J connectivity index is 2.11. The van der Waals surface area contributed by atoms with Gasteiger partial charge in [-0.05, 0) is 19.1 Å². The van der Waals surface area contributed by atoms with Crippen LogP contribution in [0.5, 0.6) is 0 Å². The summed E-state index contributed by atoms with van der Waals surface area (Å²) in [4.78, 5) is 22.7. The number of aliphatic hydroxyl groups excluding tert-OH is 1. The summed E-state index contributed by atoms with van der Waals surface area (Å²) in [7, 11) is 0. The van der Waals surface area contributed by atoms with Crippen LogP contribution in [0.4, 0.5) is 0 Å². The minimum atomic E-state index is -1.31. The van der Waals surface area contributed by atoms with Crippen molar-refractivity contribution in [1.82, 2.24) is 0 Å². The third-order valence-electron chi connectivity index (χ3n) is 3.28. The number of halogens is 1. The third kappa shape index (κ3) is 3.85. The second-order valence-corrected chi connectivity index (χ2v) is 6.04. The molecule has 1 aliphatic rings. The number of benzene rings is 1. The van der Waals surface area contributed by atoms with E-state index in [0.717, 1.165) is 0 Å². The first-order valence-electron chi connectivity index (χ1n) is 6.81. The summed E-state index contributed by atoms with van der Waals surface area (Å²) in [6.45, 7) is 2.95. The van der Waals surface area contributed by atoms with Crippen molar-refractivity contribution in [2.75, 3.05) is 0 Å². The molecular formula is C15H17BrO6. The van der Waals surface area contributed by atoms with Crippen LogP contribution in [-0.4, -0.2) is 46.5 Å². The summed E-state index contributed by atoms with van der Waals surface area (Å²) < 4.78 is 15.8. The molecule has 1 N–H and O–H groups in total. The zero-order valence-electron chi connectivity index (χ0n) is 12.1. The Morgan fingerprint density at radius 3 is 2.41 bits per heavy atom. The smallest absolute Gasteiger partial charge is 0.338 e. The third-order valence-corrected chi connectivity index (χ3v) is 4.32. The number of ether oxygens (including phenoxy) is 3. The second-order valence-electron chi connectivity index (χ2n) is 4.99. The van der Waals surface area contributed by atoms with Crippen LogP contribution < -0.4 is 0 Å². The van der Waals surface area contributed by atoms with Crippen LogP contribution in [0.2, 0.25) is 0 Å². The van der Waals surface area contributed by atoms with Gasteiger partial charge in [-0.25, -0.2) is 4.79 Å². The van der Waals surface area contributed by atoms with Crippen LogP contribution in [0, 0.1) is 0 Å². The molecule has 120 valence electrons. The molecule has 0 bridgehead atoms. The number of carbonyl (C=O) groups is 2. The van der Waals surface area contributed by atoms with Crippen LogP contribution in [0.25, 0.3) is 0 Å². The molecule has 1 unspecified atom stereocenters. The molecule has 1 aromatic carbocycles.